The molecule has 0 aliphatic carbocycles. The lowest BCUT2D eigenvalue weighted by molar-refractivity contribution is 0.00578. The van der Waals surface area contributed by atoms with Crippen LogP contribution in [0.1, 0.15) is 44.4 Å². The minimum atomic E-state index is -0.366. The first kappa shape index (κ1) is 18.7. The van der Waals surface area contributed by atoms with Gasteiger partial charge in [-0.05, 0) is 63.7 Å². The lowest BCUT2D eigenvalue weighted by Gasteiger charge is -2.32. The van der Waals surface area contributed by atoms with Crippen molar-refractivity contribution in [2.75, 3.05) is 31.9 Å². The molecular weight excluding hydrogens is 313 g/mol. The van der Waals surface area contributed by atoms with Crippen molar-refractivity contribution in [2.45, 2.75) is 59.3 Å². The number of nitrogen functional groups attached to an aromatic ring is 1. The van der Waals surface area contributed by atoms with Gasteiger partial charge in [-0.3, -0.25) is 4.90 Å². The van der Waals surface area contributed by atoms with Crippen LogP contribution >= 0.6 is 0 Å². The number of rotatable bonds is 3. The summed E-state index contributed by atoms with van der Waals surface area (Å²) in [5, 5.41) is 3.40. The normalized spacial score (nSPS) is 23.2. The maximum absolute atomic E-state index is 6.45. The Labute approximate surface area is 152 Å². The molecule has 2 fully saturated rings. The van der Waals surface area contributed by atoms with Crippen molar-refractivity contribution in [1.29, 1.82) is 0 Å². The topological polar surface area (TPSA) is 59.8 Å². The Morgan fingerprint density at radius 3 is 2.20 bits per heavy atom. The van der Waals surface area contributed by atoms with E-state index < -0.39 is 0 Å². The zero-order chi connectivity index (χ0) is 18.4. The van der Waals surface area contributed by atoms with E-state index in [1.165, 1.54) is 11.1 Å². The predicted octanol–water partition coefficient (Wildman–Crippen LogP) is 1.59. The van der Waals surface area contributed by atoms with Gasteiger partial charge in [-0.15, -0.1) is 0 Å². The van der Waals surface area contributed by atoms with Gasteiger partial charge in [-0.2, -0.15) is 0 Å². The van der Waals surface area contributed by atoms with Gasteiger partial charge in [0, 0.05) is 38.4 Å². The average Bonchev–Trinajstić information content (AvgIpc) is 2.76. The average molecular weight is 345 g/mol. The Bertz CT molecular complexity index is 639. The number of anilines is 1. The lowest BCUT2D eigenvalue weighted by atomic mass is 9.74. The van der Waals surface area contributed by atoms with Crippen LogP contribution in [-0.4, -0.2) is 49.4 Å². The van der Waals surface area contributed by atoms with E-state index in [2.05, 4.69) is 57.8 Å². The highest BCUT2D eigenvalue weighted by molar-refractivity contribution is 6.62. The third kappa shape index (κ3) is 3.45. The molecule has 3 N–H and O–H groups in total. The molecule has 6 heteroatoms. The molecule has 2 heterocycles. The van der Waals surface area contributed by atoms with Crippen LogP contribution in [-0.2, 0) is 15.9 Å². The van der Waals surface area contributed by atoms with E-state index >= 15 is 0 Å². The van der Waals surface area contributed by atoms with Crippen molar-refractivity contribution in [3.8, 4) is 0 Å². The number of piperazine rings is 1. The first-order chi connectivity index (χ1) is 11.6. The molecule has 0 spiro atoms. The second-order valence-corrected chi connectivity index (χ2v) is 8.40. The molecule has 1 aromatic carbocycles. The van der Waals surface area contributed by atoms with E-state index in [1.54, 1.807) is 0 Å². The molecule has 25 heavy (non-hydrogen) atoms. The monoisotopic (exact) mass is 345 g/mol. The first-order valence-electron chi connectivity index (χ1n) is 9.29. The molecule has 3 rings (SSSR count). The van der Waals surface area contributed by atoms with Gasteiger partial charge in [-0.1, -0.05) is 6.07 Å². The molecule has 1 aromatic rings. The highest BCUT2D eigenvalue weighted by Gasteiger charge is 2.52. The van der Waals surface area contributed by atoms with Crippen molar-refractivity contribution in [1.82, 2.24) is 10.2 Å². The van der Waals surface area contributed by atoms with E-state index in [-0.39, 0.29) is 18.3 Å². The van der Waals surface area contributed by atoms with Crippen LogP contribution in [0, 0.1) is 13.8 Å². The summed E-state index contributed by atoms with van der Waals surface area (Å²) in [6.45, 7) is 17.7. The summed E-state index contributed by atoms with van der Waals surface area (Å²) < 4.78 is 12.5. The molecule has 0 radical (unpaired) electrons. The summed E-state index contributed by atoms with van der Waals surface area (Å²) in [5.74, 6) is 0. The standard InChI is InChI=1S/C19H32BN3O2/c1-13-15(12-23-9-7-22-8-10-23)11-16(14(2)17(13)21)20-24-18(3,4)19(5,6)25-20/h11,22H,7-10,12,21H2,1-6H3. The fourth-order valence-electron chi connectivity index (χ4n) is 3.50. The molecule has 5 nitrogen and oxygen atoms in total. The van der Waals surface area contributed by atoms with E-state index in [4.69, 9.17) is 15.0 Å². The zero-order valence-corrected chi connectivity index (χ0v) is 16.5. The van der Waals surface area contributed by atoms with E-state index in [0.29, 0.717) is 0 Å². The number of nitrogens with two attached hydrogens (primary N) is 1. The molecule has 2 aliphatic heterocycles. The molecule has 2 aliphatic rings. The summed E-state index contributed by atoms with van der Waals surface area (Å²) in [5.41, 5.74) is 11.2. The van der Waals surface area contributed by atoms with Crippen LogP contribution in [0.4, 0.5) is 5.69 Å². The molecule has 0 atom stereocenters. The summed E-state index contributed by atoms with van der Waals surface area (Å²) in [6, 6.07) is 2.24. The van der Waals surface area contributed by atoms with Gasteiger partial charge >= 0.3 is 7.12 Å². The van der Waals surface area contributed by atoms with E-state index in [1.807, 2.05) is 0 Å². The predicted molar refractivity (Wildman–Crippen MR) is 104 cm³/mol. The van der Waals surface area contributed by atoms with Gasteiger partial charge in [-0.25, -0.2) is 0 Å². The van der Waals surface area contributed by atoms with Gasteiger partial charge in [0.15, 0.2) is 0 Å². The largest absolute Gasteiger partial charge is 0.495 e. The van der Waals surface area contributed by atoms with Gasteiger partial charge in [0.05, 0.1) is 11.2 Å². The van der Waals surface area contributed by atoms with Gasteiger partial charge in [0.2, 0.25) is 0 Å². The summed E-state index contributed by atoms with van der Waals surface area (Å²) in [4.78, 5) is 2.47. The van der Waals surface area contributed by atoms with Crippen LogP contribution in [0.2, 0.25) is 0 Å². The lowest BCUT2D eigenvalue weighted by Crippen LogP contribution is -2.43. The molecule has 138 valence electrons. The second-order valence-electron chi connectivity index (χ2n) is 8.40. The Morgan fingerprint density at radius 2 is 1.64 bits per heavy atom. The Balaban J connectivity index is 1.92. The molecule has 0 bridgehead atoms. The van der Waals surface area contributed by atoms with Crippen LogP contribution in [0.5, 0.6) is 0 Å². The third-order valence-corrected chi connectivity index (χ3v) is 6.16. The van der Waals surface area contributed by atoms with E-state index in [9.17, 15) is 0 Å². The highest BCUT2D eigenvalue weighted by atomic mass is 16.7. The van der Waals surface area contributed by atoms with Crippen LogP contribution < -0.4 is 16.5 Å². The van der Waals surface area contributed by atoms with Gasteiger partial charge in [0.1, 0.15) is 0 Å². The highest BCUT2D eigenvalue weighted by Crippen LogP contribution is 2.37. The Kier molecular flexibility index (Phi) is 4.92. The number of benzene rings is 1. The summed E-state index contributed by atoms with van der Waals surface area (Å²) in [6.07, 6.45) is 0. The fourth-order valence-corrected chi connectivity index (χ4v) is 3.50. The zero-order valence-electron chi connectivity index (χ0n) is 16.5. The molecule has 0 saturated carbocycles. The van der Waals surface area contributed by atoms with Crippen molar-refractivity contribution in [3.05, 3.63) is 22.8 Å². The molecule has 2 saturated heterocycles. The van der Waals surface area contributed by atoms with Crippen LogP contribution in [0.3, 0.4) is 0 Å². The summed E-state index contributed by atoms with van der Waals surface area (Å²) in [7, 11) is -0.366. The maximum Gasteiger partial charge on any atom is 0.495 e. The van der Waals surface area contributed by atoms with Crippen molar-refractivity contribution >= 4 is 18.3 Å². The van der Waals surface area contributed by atoms with E-state index in [0.717, 1.165) is 49.4 Å². The number of hydrogen-bond donors (Lipinski definition) is 2. The van der Waals surface area contributed by atoms with Crippen LogP contribution in [0.15, 0.2) is 6.07 Å². The SMILES string of the molecule is Cc1c(CN2CCNCC2)cc(B2OC(C)(C)C(C)(C)O2)c(C)c1N. The smallest absolute Gasteiger partial charge is 0.399 e. The minimum absolute atomic E-state index is 0.345. The molecule has 0 amide bonds. The van der Waals surface area contributed by atoms with Crippen molar-refractivity contribution in [3.63, 3.8) is 0 Å². The quantitative estimate of drug-likeness (QED) is 0.644. The van der Waals surface area contributed by atoms with Crippen molar-refractivity contribution < 1.29 is 9.31 Å². The first-order valence-corrected chi connectivity index (χ1v) is 9.29. The number of nitrogens with one attached hydrogen (secondary N) is 1. The van der Waals surface area contributed by atoms with Gasteiger partial charge in [0.25, 0.3) is 0 Å². The van der Waals surface area contributed by atoms with Crippen molar-refractivity contribution in [2.24, 2.45) is 0 Å². The third-order valence-electron chi connectivity index (χ3n) is 6.16. The Morgan fingerprint density at radius 1 is 1.08 bits per heavy atom. The molecular formula is C19H32BN3O2. The number of hydrogen-bond acceptors (Lipinski definition) is 5. The Hall–Kier alpha value is -1.08. The van der Waals surface area contributed by atoms with Gasteiger partial charge < -0.3 is 20.4 Å². The fraction of sp³-hybridized carbons (Fsp3) is 0.684. The minimum Gasteiger partial charge on any atom is -0.399 e. The van der Waals surface area contributed by atoms with Crippen LogP contribution in [0.25, 0.3) is 0 Å². The molecule has 0 aromatic heterocycles. The molecule has 0 unspecified atom stereocenters. The summed E-state index contributed by atoms with van der Waals surface area (Å²) >= 11 is 0. The number of nitrogens with zero attached hydrogens (tertiary/aromatic N) is 1. The maximum atomic E-state index is 6.45. The second kappa shape index (κ2) is 6.58.